The van der Waals surface area contributed by atoms with Crippen LogP contribution in [-0.2, 0) is 0 Å². The molecular weight excluding hydrogens is 859 g/mol. The molecule has 0 radical (unpaired) electrons. The van der Waals surface area contributed by atoms with Gasteiger partial charge in [0.25, 0.3) is 0 Å². The zero-order valence-electron chi connectivity index (χ0n) is 39.5. The van der Waals surface area contributed by atoms with Gasteiger partial charge in [-0.2, -0.15) is 15.0 Å². The van der Waals surface area contributed by atoms with Crippen LogP contribution in [0, 0.1) is 35.5 Å². The lowest BCUT2D eigenvalue weighted by atomic mass is 10.1. The Balaban J connectivity index is 0.000000153. The van der Waals surface area contributed by atoms with E-state index in [9.17, 15) is 0 Å². The molecule has 0 aliphatic carbocycles. The van der Waals surface area contributed by atoms with Crippen molar-refractivity contribution in [3.05, 3.63) is 197 Å². The van der Waals surface area contributed by atoms with E-state index in [-0.39, 0.29) is 17.8 Å². The molecule has 9 rings (SSSR count). The molecule has 0 aliphatic heterocycles. The third-order valence-corrected chi connectivity index (χ3v) is 11.0. The molecule has 342 valence electrons. The molecular formula is C57H51N9O3. The number of aromatic nitrogens is 9. The van der Waals surface area contributed by atoms with Gasteiger partial charge in [0.2, 0.25) is 35.1 Å². The average molecular weight is 910 g/mol. The molecule has 0 N–H and O–H groups in total. The van der Waals surface area contributed by atoms with E-state index in [4.69, 9.17) is 13.6 Å². The summed E-state index contributed by atoms with van der Waals surface area (Å²) < 4.78 is 15.9. The topological polar surface area (TPSA) is 155 Å². The monoisotopic (exact) mass is 909 g/mol. The highest BCUT2D eigenvalue weighted by atomic mass is 16.5. The number of benzene rings is 3. The van der Waals surface area contributed by atoms with Crippen LogP contribution in [0.2, 0.25) is 0 Å². The zero-order chi connectivity index (χ0) is 48.2. The smallest absolute Gasteiger partial charge is 0.229 e. The van der Waals surface area contributed by atoms with E-state index in [0.29, 0.717) is 35.1 Å². The lowest BCUT2D eigenvalue weighted by Gasteiger charge is -1.98. The van der Waals surface area contributed by atoms with Gasteiger partial charge in [-0.3, -0.25) is 15.0 Å². The third-order valence-electron chi connectivity index (χ3n) is 11.0. The minimum Gasteiger partial charge on any atom is -0.339 e. The zero-order valence-corrected chi connectivity index (χ0v) is 39.5. The van der Waals surface area contributed by atoms with Gasteiger partial charge in [0, 0.05) is 105 Å². The molecule has 0 bridgehead atoms. The highest BCUT2D eigenvalue weighted by Crippen LogP contribution is 2.24. The van der Waals surface area contributed by atoms with Crippen LogP contribution in [0.1, 0.15) is 130 Å². The Bertz CT molecular complexity index is 2820. The number of rotatable bonds is 9. The summed E-state index contributed by atoms with van der Waals surface area (Å²) >= 11 is 0. The van der Waals surface area contributed by atoms with Gasteiger partial charge in [0.1, 0.15) is 0 Å². The van der Waals surface area contributed by atoms with Crippen molar-refractivity contribution in [2.75, 3.05) is 0 Å². The lowest BCUT2D eigenvalue weighted by molar-refractivity contribution is 0.357. The van der Waals surface area contributed by atoms with Crippen molar-refractivity contribution in [1.29, 1.82) is 0 Å². The Morgan fingerprint density at radius 3 is 0.768 bits per heavy atom. The fraction of sp³-hybridized carbons (Fsp3) is 0.211. The van der Waals surface area contributed by atoms with Crippen molar-refractivity contribution in [1.82, 2.24) is 45.4 Å². The average Bonchev–Trinajstić information content (AvgIpc) is 4.24. The Labute approximate surface area is 403 Å². The van der Waals surface area contributed by atoms with Crippen LogP contribution in [0.4, 0.5) is 0 Å². The molecule has 0 saturated heterocycles. The van der Waals surface area contributed by atoms with Gasteiger partial charge in [-0.1, -0.05) is 92.5 Å². The van der Waals surface area contributed by atoms with Crippen LogP contribution in [0.15, 0.2) is 160 Å². The maximum Gasteiger partial charge on any atom is 0.229 e. The molecule has 69 heavy (non-hydrogen) atoms. The second-order valence-corrected chi connectivity index (χ2v) is 16.0. The Morgan fingerprint density at radius 1 is 0.333 bits per heavy atom. The molecule has 12 nitrogen and oxygen atoms in total. The fourth-order valence-corrected chi connectivity index (χ4v) is 6.03. The maximum absolute atomic E-state index is 5.31. The van der Waals surface area contributed by atoms with Gasteiger partial charge < -0.3 is 13.6 Å². The predicted octanol–water partition coefficient (Wildman–Crippen LogP) is 12.1. The van der Waals surface area contributed by atoms with Crippen molar-refractivity contribution < 1.29 is 13.6 Å². The number of hydrogen-bond acceptors (Lipinski definition) is 12. The first-order valence-corrected chi connectivity index (χ1v) is 22.9. The van der Waals surface area contributed by atoms with Crippen LogP contribution in [0.3, 0.4) is 0 Å². The third kappa shape index (κ3) is 14.1. The molecule has 6 aromatic heterocycles. The maximum atomic E-state index is 5.31. The molecule has 12 heteroatoms. The second-order valence-electron chi connectivity index (χ2n) is 16.0. The Kier molecular flexibility index (Phi) is 17.2. The van der Waals surface area contributed by atoms with Crippen molar-refractivity contribution in [3.63, 3.8) is 0 Å². The first kappa shape index (κ1) is 48.2. The highest BCUT2D eigenvalue weighted by Gasteiger charge is 2.16. The molecule has 9 aromatic rings. The molecule has 0 fully saturated rings. The molecule has 0 saturated carbocycles. The summed E-state index contributed by atoms with van der Waals surface area (Å²) in [5, 5.41) is 12.1. The summed E-state index contributed by atoms with van der Waals surface area (Å²) in [6.45, 7) is 12.5. The summed E-state index contributed by atoms with van der Waals surface area (Å²) in [5.74, 6) is 23.5. The Hall–Kier alpha value is -8.79. The summed E-state index contributed by atoms with van der Waals surface area (Å²) in [4.78, 5) is 25.3. The van der Waals surface area contributed by atoms with Crippen molar-refractivity contribution >= 4 is 0 Å². The van der Waals surface area contributed by atoms with Crippen molar-refractivity contribution in [3.8, 4) is 69.7 Å². The molecule has 3 aromatic carbocycles. The van der Waals surface area contributed by atoms with Crippen LogP contribution in [0.5, 0.6) is 0 Å². The standard InChI is InChI=1S/3C19H17N3O/c3*1-3-14(2)19-21-18(22-23-19)17-8-6-15(7-9-17)4-5-16-10-12-20-13-11-16/h3*6-14H,3H2,1-2H3/t2*14-;/m10./s1. The van der Waals surface area contributed by atoms with E-state index in [2.05, 4.69) is 122 Å². The van der Waals surface area contributed by atoms with Crippen molar-refractivity contribution in [2.24, 2.45) is 0 Å². The normalized spacial score (nSPS) is 11.6. The van der Waals surface area contributed by atoms with Crippen LogP contribution >= 0.6 is 0 Å². The minimum absolute atomic E-state index is 0.279. The van der Waals surface area contributed by atoms with E-state index in [1.807, 2.05) is 109 Å². The molecule has 0 aliphatic rings. The van der Waals surface area contributed by atoms with Crippen molar-refractivity contribution in [2.45, 2.75) is 78.6 Å². The molecule has 0 spiro atoms. The summed E-state index contributed by atoms with van der Waals surface area (Å²) in [5.41, 5.74) is 8.44. The van der Waals surface area contributed by atoms with Gasteiger partial charge in [0.15, 0.2) is 0 Å². The van der Waals surface area contributed by atoms with Gasteiger partial charge in [-0.05, 0) is 128 Å². The molecule has 0 amide bonds. The van der Waals surface area contributed by atoms with E-state index in [1.165, 1.54) is 0 Å². The second kappa shape index (κ2) is 24.7. The van der Waals surface area contributed by atoms with Crippen LogP contribution < -0.4 is 0 Å². The highest BCUT2D eigenvalue weighted by molar-refractivity contribution is 5.59. The summed E-state index contributed by atoms with van der Waals surface area (Å²) in [6, 6.07) is 34.8. The number of pyridine rings is 3. The predicted molar refractivity (Wildman–Crippen MR) is 266 cm³/mol. The van der Waals surface area contributed by atoms with E-state index >= 15 is 0 Å². The van der Waals surface area contributed by atoms with E-state index < -0.39 is 0 Å². The molecule has 6 heterocycles. The fourth-order valence-electron chi connectivity index (χ4n) is 6.03. The van der Waals surface area contributed by atoms with Gasteiger partial charge in [-0.15, -0.1) is 0 Å². The van der Waals surface area contributed by atoms with E-state index in [0.717, 1.165) is 69.3 Å². The van der Waals surface area contributed by atoms with E-state index in [1.54, 1.807) is 37.2 Å². The van der Waals surface area contributed by atoms with Crippen LogP contribution in [0.25, 0.3) is 34.2 Å². The Morgan fingerprint density at radius 2 is 0.551 bits per heavy atom. The number of nitrogens with zero attached hydrogens (tertiary/aromatic N) is 9. The van der Waals surface area contributed by atoms with Gasteiger partial charge in [-0.25, -0.2) is 0 Å². The SMILES string of the molecule is CCC(C)c1nc(-c2ccc(C#Cc3ccncc3)cc2)no1.CC[C@@H](C)c1nc(-c2ccc(C#Cc3ccncc3)cc2)no1.CC[C@H](C)c1nc(-c2ccc(C#Cc3ccncc3)cc2)no1. The minimum atomic E-state index is 0.279. The molecule has 3 atom stereocenters. The first-order valence-electron chi connectivity index (χ1n) is 22.9. The quantitative estimate of drug-likeness (QED) is 0.127. The molecule has 1 unspecified atom stereocenters. The first-order chi connectivity index (χ1) is 33.8. The number of hydrogen-bond donors (Lipinski definition) is 0. The summed E-state index contributed by atoms with van der Waals surface area (Å²) in [7, 11) is 0. The van der Waals surface area contributed by atoms with Gasteiger partial charge >= 0.3 is 0 Å². The lowest BCUT2D eigenvalue weighted by Crippen LogP contribution is -1.91. The van der Waals surface area contributed by atoms with Gasteiger partial charge in [0.05, 0.1) is 0 Å². The van der Waals surface area contributed by atoms with Crippen LogP contribution in [-0.4, -0.2) is 45.4 Å². The summed E-state index contributed by atoms with van der Waals surface area (Å²) in [6.07, 6.45) is 13.3. The largest absolute Gasteiger partial charge is 0.339 e.